The summed E-state index contributed by atoms with van der Waals surface area (Å²) in [5.41, 5.74) is 3.61. The summed E-state index contributed by atoms with van der Waals surface area (Å²) in [7, 11) is 3.17. The summed E-state index contributed by atoms with van der Waals surface area (Å²) in [6, 6.07) is 19.1. The van der Waals surface area contributed by atoms with E-state index in [2.05, 4.69) is 0 Å². The van der Waals surface area contributed by atoms with Crippen LogP contribution in [0.2, 0.25) is 0 Å². The van der Waals surface area contributed by atoms with Crippen molar-refractivity contribution in [2.75, 3.05) is 20.8 Å². The van der Waals surface area contributed by atoms with Gasteiger partial charge >= 0.3 is 0 Å². The number of fused-ring (bicyclic) bond motifs is 2. The molecule has 0 N–H and O–H groups in total. The van der Waals surface area contributed by atoms with Crippen LogP contribution in [0.3, 0.4) is 0 Å². The Morgan fingerprint density at radius 1 is 0.857 bits per heavy atom. The molecule has 2 aliphatic heterocycles. The number of rotatable bonds is 6. The third-order valence-electron chi connectivity index (χ3n) is 6.72. The highest BCUT2D eigenvalue weighted by atomic mass is 16.5. The molecule has 0 aromatic heterocycles. The summed E-state index contributed by atoms with van der Waals surface area (Å²) in [5.74, 6) is 0.150. The molecule has 0 saturated carbocycles. The zero-order valence-electron chi connectivity index (χ0n) is 19.7. The molecule has 178 valence electrons. The molecule has 5 rings (SSSR count). The van der Waals surface area contributed by atoms with E-state index in [9.17, 15) is 14.4 Å². The number of ether oxygens (including phenoxy) is 2. The molecule has 0 bridgehead atoms. The number of benzene rings is 3. The monoisotopic (exact) mass is 470 g/mol. The van der Waals surface area contributed by atoms with Crippen molar-refractivity contribution >= 4 is 17.7 Å². The summed E-state index contributed by atoms with van der Waals surface area (Å²) in [4.78, 5) is 43.4. The minimum absolute atomic E-state index is 0.246. The van der Waals surface area contributed by atoms with E-state index in [-0.39, 0.29) is 12.3 Å². The Bertz CT molecular complexity index is 1270. The van der Waals surface area contributed by atoms with E-state index >= 15 is 0 Å². The molecule has 3 aromatic rings. The van der Waals surface area contributed by atoms with E-state index in [0.717, 1.165) is 21.6 Å². The molecule has 0 saturated heterocycles. The van der Waals surface area contributed by atoms with Crippen LogP contribution in [0.5, 0.6) is 11.5 Å². The van der Waals surface area contributed by atoms with Gasteiger partial charge in [-0.2, -0.15) is 0 Å². The lowest BCUT2D eigenvalue weighted by Gasteiger charge is -2.35. The minimum atomic E-state index is -0.938. The van der Waals surface area contributed by atoms with E-state index in [4.69, 9.17) is 9.47 Å². The Labute approximate surface area is 203 Å². The van der Waals surface area contributed by atoms with Gasteiger partial charge in [-0.15, -0.1) is 0 Å². The molecule has 0 spiro atoms. The molecule has 35 heavy (non-hydrogen) atoms. The van der Waals surface area contributed by atoms with Gasteiger partial charge in [-0.3, -0.25) is 19.3 Å². The number of hydrogen-bond donors (Lipinski definition) is 0. The molecule has 2 aliphatic rings. The van der Waals surface area contributed by atoms with Crippen molar-refractivity contribution in [3.8, 4) is 11.5 Å². The van der Waals surface area contributed by atoms with Gasteiger partial charge in [-0.25, -0.2) is 0 Å². The average Bonchev–Trinajstić information content (AvgIpc) is 3.16. The molecule has 7 heteroatoms. The maximum absolute atomic E-state index is 13.9. The second-order valence-electron chi connectivity index (χ2n) is 8.72. The quantitative estimate of drug-likeness (QED) is 0.516. The van der Waals surface area contributed by atoms with Crippen LogP contribution in [-0.4, -0.2) is 54.3 Å². The number of nitrogens with zero attached hydrogens (tertiary/aromatic N) is 2. The highest BCUT2D eigenvalue weighted by Crippen LogP contribution is 2.34. The molecule has 0 fully saturated rings. The first kappa shape index (κ1) is 22.7. The van der Waals surface area contributed by atoms with Crippen LogP contribution < -0.4 is 9.47 Å². The van der Waals surface area contributed by atoms with E-state index in [1.165, 1.54) is 0 Å². The number of methoxy groups -OCH3 is 2. The molecule has 1 unspecified atom stereocenters. The zero-order valence-corrected chi connectivity index (χ0v) is 19.7. The standard InChI is InChI=1S/C28H26N2O5/c1-34-24-15-19-12-13-29(17-20(19)16-25(24)35-2)28(33)23(14-18-8-4-3-5-9-18)30-26(31)21-10-6-7-11-22(21)27(30)32/h3-11,15-16,23H,12-14,17H2,1-2H3. The highest BCUT2D eigenvalue weighted by Gasteiger charge is 2.44. The summed E-state index contributed by atoms with van der Waals surface area (Å²) < 4.78 is 10.9. The van der Waals surface area contributed by atoms with Crippen molar-refractivity contribution in [2.45, 2.75) is 25.4 Å². The largest absolute Gasteiger partial charge is 0.493 e. The molecule has 2 heterocycles. The molecular weight excluding hydrogens is 444 g/mol. The summed E-state index contributed by atoms with van der Waals surface area (Å²) in [5, 5.41) is 0. The Hall–Kier alpha value is -4.13. The van der Waals surface area contributed by atoms with Gasteiger partial charge in [0.25, 0.3) is 11.8 Å². The van der Waals surface area contributed by atoms with Crippen molar-refractivity contribution in [3.05, 3.63) is 94.5 Å². The van der Waals surface area contributed by atoms with Crippen LogP contribution in [0.1, 0.15) is 37.4 Å². The molecule has 3 aromatic carbocycles. The van der Waals surface area contributed by atoms with Gasteiger partial charge in [-0.05, 0) is 47.4 Å². The first-order valence-electron chi connectivity index (χ1n) is 11.5. The van der Waals surface area contributed by atoms with Gasteiger partial charge in [-0.1, -0.05) is 42.5 Å². The number of amides is 3. The second-order valence-corrected chi connectivity index (χ2v) is 8.72. The number of imide groups is 1. The average molecular weight is 471 g/mol. The molecular formula is C28H26N2O5. The van der Waals surface area contributed by atoms with E-state index in [0.29, 0.717) is 42.1 Å². The fourth-order valence-electron chi connectivity index (χ4n) is 4.90. The van der Waals surface area contributed by atoms with Crippen LogP contribution in [-0.2, 0) is 24.2 Å². The molecule has 7 nitrogen and oxygen atoms in total. The Morgan fingerprint density at radius 2 is 1.43 bits per heavy atom. The van der Waals surface area contributed by atoms with Gasteiger partial charge in [0.1, 0.15) is 6.04 Å². The lowest BCUT2D eigenvalue weighted by atomic mass is 9.97. The van der Waals surface area contributed by atoms with Crippen LogP contribution in [0, 0.1) is 0 Å². The van der Waals surface area contributed by atoms with Crippen molar-refractivity contribution in [3.63, 3.8) is 0 Å². The topological polar surface area (TPSA) is 76.2 Å². The van der Waals surface area contributed by atoms with Crippen LogP contribution in [0.25, 0.3) is 0 Å². The lowest BCUT2D eigenvalue weighted by Crippen LogP contribution is -2.53. The van der Waals surface area contributed by atoms with E-state index in [1.54, 1.807) is 43.4 Å². The highest BCUT2D eigenvalue weighted by molar-refractivity contribution is 6.22. The fraction of sp³-hybridized carbons (Fsp3) is 0.250. The van der Waals surface area contributed by atoms with Crippen LogP contribution in [0.15, 0.2) is 66.7 Å². The van der Waals surface area contributed by atoms with Gasteiger partial charge in [0.05, 0.1) is 25.3 Å². The molecule has 1 atom stereocenters. The molecule has 0 radical (unpaired) electrons. The molecule has 0 aliphatic carbocycles. The Kier molecular flexibility index (Phi) is 5.99. The predicted octanol–water partition coefficient (Wildman–Crippen LogP) is 3.50. The lowest BCUT2D eigenvalue weighted by molar-refractivity contribution is -0.136. The Balaban J connectivity index is 1.48. The maximum atomic E-state index is 13.9. The maximum Gasteiger partial charge on any atom is 0.262 e. The zero-order chi connectivity index (χ0) is 24.5. The first-order chi connectivity index (χ1) is 17.0. The Morgan fingerprint density at radius 3 is 2.03 bits per heavy atom. The van der Waals surface area contributed by atoms with Gasteiger partial charge in [0.15, 0.2) is 11.5 Å². The summed E-state index contributed by atoms with van der Waals surface area (Å²) in [6.07, 6.45) is 0.891. The van der Waals surface area contributed by atoms with Gasteiger partial charge in [0.2, 0.25) is 5.91 Å². The van der Waals surface area contributed by atoms with E-state index < -0.39 is 17.9 Å². The van der Waals surface area contributed by atoms with Crippen molar-refractivity contribution in [1.82, 2.24) is 9.80 Å². The second kappa shape index (κ2) is 9.25. The predicted molar refractivity (Wildman–Crippen MR) is 130 cm³/mol. The third-order valence-corrected chi connectivity index (χ3v) is 6.72. The minimum Gasteiger partial charge on any atom is -0.493 e. The SMILES string of the molecule is COc1cc2c(cc1OC)CN(C(=O)C(Cc1ccccc1)N1C(=O)c3ccccc3C1=O)CC2. The van der Waals surface area contributed by atoms with Crippen LogP contribution >= 0.6 is 0 Å². The molecule has 3 amide bonds. The fourth-order valence-corrected chi connectivity index (χ4v) is 4.90. The van der Waals surface area contributed by atoms with Gasteiger partial charge < -0.3 is 14.4 Å². The summed E-state index contributed by atoms with van der Waals surface area (Å²) in [6.45, 7) is 0.846. The third kappa shape index (κ3) is 4.03. The number of hydrogen-bond acceptors (Lipinski definition) is 5. The van der Waals surface area contributed by atoms with Crippen molar-refractivity contribution in [1.29, 1.82) is 0 Å². The van der Waals surface area contributed by atoms with Crippen molar-refractivity contribution in [2.24, 2.45) is 0 Å². The number of carbonyl (C=O) groups excluding carboxylic acids is 3. The smallest absolute Gasteiger partial charge is 0.262 e. The van der Waals surface area contributed by atoms with E-state index in [1.807, 2.05) is 42.5 Å². The summed E-state index contributed by atoms with van der Waals surface area (Å²) >= 11 is 0. The first-order valence-corrected chi connectivity index (χ1v) is 11.5. The normalized spacial score (nSPS) is 15.5. The van der Waals surface area contributed by atoms with Gasteiger partial charge in [0, 0.05) is 19.5 Å². The van der Waals surface area contributed by atoms with Crippen LogP contribution in [0.4, 0.5) is 0 Å². The van der Waals surface area contributed by atoms with Crippen molar-refractivity contribution < 1.29 is 23.9 Å². The number of carbonyl (C=O) groups is 3.